The fraction of sp³-hybridized carbons (Fsp3) is 0.160. The minimum Gasteiger partial charge on any atom is -0.351 e. The summed E-state index contributed by atoms with van der Waals surface area (Å²) >= 11 is 3.14. The second-order valence-electron chi connectivity index (χ2n) is 7.96. The van der Waals surface area contributed by atoms with Gasteiger partial charge in [-0.1, -0.05) is 72.0 Å². The highest BCUT2D eigenvalue weighted by atomic mass is 32.2. The molecule has 0 radical (unpaired) electrons. The molecule has 2 aromatic carbocycles. The van der Waals surface area contributed by atoms with Crippen LogP contribution >= 0.6 is 22.7 Å². The zero-order valence-electron chi connectivity index (χ0n) is 18.6. The van der Waals surface area contributed by atoms with E-state index in [9.17, 15) is 8.42 Å². The highest BCUT2D eigenvalue weighted by Gasteiger charge is 2.19. The van der Waals surface area contributed by atoms with Gasteiger partial charge in [-0.05, 0) is 37.0 Å². The van der Waals surface area contributed by atoms with Gasteiger partial charge in [0.2, 0.25) is 16.0 Å². The van der Waals surface area contributed by atoms with Crippen LogP contribution in [0.15, 0.2) is 78.2 Å². The Morgan fingerprint density at radius 3 is 2.54 bits per heavy atom. The molecule has 2 aromatic heterocycles. The van der Waals surface area contributed by atoms with Gasteiger partial charge in [-0.25, -0.2) is 13.4 Å². The molecule has 0 bridgehead atoms. The molecule has 0 saturated heterocycles. The summed E-state index contributed by atoms with van der Waals surface area (Å²) in [5.41, 5.74) is 4.70. The molecule has 0 amide bonds. The van der Waals surface area contributed by atoms with Gasteiger partial charge in [-0.2, -0.15) is 0 Å². The molecule has 7 nitrogen and oxygen atoms in total. The predicted molar refractivity (Wildman–Crippen MR) is 144 cm³/mol. The molecular formula is C25H23N5O2S3. The lowest BCUT2D eigenvalue weighted by atomic mass is 10.0. The molecule has 2 heterocycles. The number of rotatable bonds is 9. The third kappa shape index (κ3) is 6.02. The molecule has 0 aliphatic heterocycles. The molecule has 1 aliphatic carbocycles. The molecule has 1 aliphatic rings. The van der Waals surface area contributed by atoms with Crippen molar-refractivity contribution in [2.75, 3.05) is 10.0 Å². The van der Waals surface area contributed by atoms with Crippen molar-refractivity contribution >= 4 is 50.0 Å². The Kier molecular flexibility index (Phi) is 7.31. The number of allylic oxidation sites excluding steroid dienone is 4. The number of anilines is 2. The third-order valence-corrected chi connectivity index (χ3v) is 7.73. The Morgan fingerprint density at radius 2 is 1.80 bits per heavy atom. The SMILES string of the molecule is O=[SH](=O)Nc1ccc(C[C@H](Nc2nnc(C3=CCCC=C3)s2)c2csc(-c3ccccc3)n2)cc1. The van der Waals surface area contributed by atoms with Gasteiger partial charge in [0.25, 0.3) is 0 Å². The molecule has 4 aromatic rings. The average molecular weight is 522 g/mol. The number of benzene rings is 2. The van der Waals surface area contributed by atoms with E-state index in [1.54, 1.807) is 23.5 Å². The standard InChI is InChI=1S/C25H23N5O2S3/c31-35(32)30-20-13-11-17(12-14-20)15-21(22-16-33-23(26-22)18-7-3-1-4-8-18)27-25-29-28-24(34-25)19-9-5-2-6-10-19/h1,3-5,7-14,16,21,35H,2,6,15H2,(H,27,29)(H,30,31,32)/t21-/m0/s1. The fourth-order valence-electron chi connectivity index (χ4n) is 3.76. The van der Waals surface area contributed by atoms with E-state index in [-0.39, 0.29) is 6.04 Å². The van der Waals surface area contributed by atoms with Crippen molar-refractivity contribution in [3.8, 4) is 10.6 Å². The number of nitrogens with one attached hydrogen (secondary N) is 2. The summed E-state index contributed by atoms with van der Waals surface area (Å²) < 4.78 is 24.3. The number of hydrogen-bond donors (Lipinski definition) is 3. The topological polar surface area (TPSA) is 96.9 Å². The highest BCUT2D eigenvalue weighted by molar-refractivity contribution is 7.73. The molecule has 1 atom stereocenters. The van der Waals surface area contributed by atoms with Gasteiger partial charge in [0.15, 0.2) is 0 Å². The summed E-state index contributed by atoms with van der Waals surface area (Å²) in [5.74, 6) is 0. The number of hydrogen-bond acceptors (Lipinski definition) is 8. The van der Waals surface area contributed by atoms with Crippen LogP contribution in [0.3, 0.4) is 0 Å². The lowest BCUT2D eigenvalue weighted by Gasteiger charge is -2.16. The van der Waals surface area contributed by atoms with Crippen LogP contribution < -0.4 is 10.0 Å². The maximum absolute atomic E-state index is 10.9. The van der Waals surface area contributed by atoms with Crippen LogP contribution in [0, 0.1) is 0 Å². The van der Waals surface area contributed by atoms with Crippen LogP contribution in [0.2, 0.25) is 0 Å². The maximum Gasteiger partial charge on any atom is 0.222 e. The third-order valence-electron chi connectivity index (χ3n) is 5.48. The van der Waals surface area contributed by atoms with E-state index in [4.69, 9.17) is 4.98 Å². The second-order valence-corrected chi connectivity index (χ2v) is 10.5. The van der Waals surface area contributed by atoms with Crippen molar-refractivity contribution in [3.63, 3.8) is 0 Å². The van der Waals surface area contributed by atoms with E-state index >= 15 is 0 Å². The molecule has 178 valence electrons. The van der Waals surface area contributed by atoms with E-state index in [0.717, 1.165) is 50.4 Å². The van der Waals surface area contributed by atoms with Crippen LogP contribution in [0.4, 0.5) is 10.8 Å². The quantitative estimate of drug-likeness (QED) is 0.244. The van der Waals surface area contributed by atoms with Crippen LogP contribution in [-0.4, -0.2) is 23.6 Å². The van der Waals surface area contributed by atoms with E-state index in [2.05, 4.69) is 56.0 Å². The van der Waals surface area contributed by atoms with E-state index < -0.39 is 10.9 Å². The van der Waals surface area contributed by atoms with E-state index in [0.29, 0.717) is 12.1 Å². The molecule has 5 rings (SSSR count). The lowest BCUT2D eigenvalue weighted by molar-refractivity contribution is 0.619. The van der Waals surface area contributed by atoms with Crippen LogP contribution in [-0.2, 0) is 17.3 Å². The first-order chi connectivity index (χ1) is 17.1. The Bertz CT molecular complexity index is 1410. The Morgan fingerprint density at radius 1 is 0.971 bits per heavy atom. The summed E-state index contributed by atoms with van der Waals surface area (Å²) in [6, 6.07) is 17.4. The summed E-state index contributed by atoms with van der Waals surface area (Å²) in [7, 11) is -2.69. The molecule has 0 saturated carbocycles. The second kappa shape index (κ2) is 10.9. The smallest absolute Gasteiger partial charge is 0.222 e. The van der Waals surface area contributed by atoms with Crippen molar-refractivity contribution < 1.29 is 8.42 Å². The minimum absolute atomic E-state index is 0.129. The molecular weight excluding hydrogens is 499 g/mol. The van der Waals surface area contributed by atoms with Crippen LogP contribution in [0.25, 0.3) is 16.1 Å². The molecule has 0 spiro atoms. The van der Waals surface area contributed by atoms with Crippen LogP contribution in [0.5, 0.6) is 0 Å². The Balaban J connectivity index is 1.40. The Hall–Kier alpha value is -3.34. The van der Waals surface area contributed by atoms with Crippen molar-refractivity contribution in [3.05, 3.63) is 94.5 Å². The van der Waals surface area contributed by atoms with Gasteiger partial charge in [-0.15, -0.1) is 21.5 Å². The molecule has 35 heavy (non-hydrogen) atoms. The summed E-state index contributed by atoms with van der Waals surface area (Å²) in [5, 5.41) is 17.0. The number of nitrogens with zero attached hydrogens (tertiary/aromatic N) is 3. The van der Waals surface area contributed by atoms with Gasteiger partial charge in [0, 0.05) is 22.2 Å². The molecule has 2 N–H and O–H groups in total. The first kappa shape index (κ1) is 23.4. The molecule has 0 unspecified atom stereocenters. The summed E-state index contributed by atoms with van der Waals surface area (Å²) in [6.45, 7) is 0. The Labute approximate surface area is 213 Å². The predicted octanol–water partition coefficient (Wildman–Crippen LogP) is 5.73. The lowest BCUT2D eigenvalue weighted by Crippen LogP contribution is -2.14. The van der Waals surface area contributed by atoms with E-state index in [1.165, 1.54) is 11.3 Å². The maximum atomic E-state index is 10.9. The monoisotopic (exact) mass is 521 g/mol. The van der Waals surface area contributed by atoms with E-state index in [1.807, 2.05) is 30.3 Å². The normalized spacial score (nSPS) is 14.0. The average Bonchev–Trinajstić information content (AvgIpc) is 3.56. The van der Waals surface area contributed by atoms with Gasteiger partial charge in [0.1, 0.15) is 10.0 Å². The summed E-state index contributed by atoms with van der Waals surface area (Å²) in [4.78, 5) is 4.92. The minimum atomic E-state index is -2.69. The zero-order valence-corrected chi connectivity index (χ0v) is 21.2. The van der Waals surface area contributed by atoms with Crippen molar-refractivity contribution in [2.45, 2.75) is 25.3 Å². The number of thiazole rings is 1. The molecule has 0 fully saturated rings. The van der Waals surface area contributed by atoms with Gasteiger partial charge >= 0.3 is 0 Å². The van der Waals surface area contributed by atoms with Gasteiger partial charge < -0.3 is 5.32 Å². The first-order valence-corrected chi connectivity index (χ1v) is 14.0. The summed E-state index contributed by atoms with van der Waals surface area (Å²) in [6.07, 6.45) is 9.18. The van der Waals surface area contributed by atoms with Crippen molar-refractivity contribution in [1.82, 2.24) is 15.2 Å². The van der Waals surface area contributed by atoms with Crippen LogP contribution in [0.1, 0.15) is 35.1 Å². The number of thiol groups is 1. The zero-order chi connectivity index (χ0) is 24.0. The van der Waals surface area contributed by atoms with Gasteiger partial charge in [0.05, 0.1) is 11.7 Å². The van der Waals surface area contributed by atoms with Crippen molar-refractivity contribution in [1.29, 1.82) is 0 Å². The van der Waals surface area contributed by atoms with Gasteiger partial charge in [-0.3, -0.25) is 4.72 Å². The highest BCUT2D eigenvalue weighted by Crippen LogP contribution is 2.32. The fourth-order valence-corrected chi connectivity index (χ4v) is 5.82. The van der Waals surface area contributed by atoms with Crippen molar-refractivity contribution in [2.24, 2.45) is 0 Å². The first-order valence-electron chi connectivity index (χ1n) is 11.1. The molecule has 10 heteroatoms. The number of aromatic nitrogens is 3. The largest absolute Gasteiger partial charge is 0.351 e.